The SMILES string of the molecule is COC(=O)C1(OC(=O)c2cncn2[C@H](C)c2ccccc2)CC1.[CH2-]I.[V]. The van der Waals surface area contributed by atoms with Crippen molar-refractivity contribution in [1.82, 2.24) is 9.55 Å². The number of hydrogen-bond donors (Lipinski definition) is 0. The number of imidazole rings is 1. The van der Waals surface area contributed by atoms with Crippen molar-refractivity contribution >= 4 is 34.5 Å². The van der Waals surface area contributed by atoms with E-state index in [1.54, 1.807) is 10.9 Å². The van der Waals surface area contributed by atoms with E-state index in [-0.39, 0.29) is 24.6 Å². The Kier molecular flexibility index (Phi) is 8.85. The Hall–Kier alpha value is -1.32. The first-order chi connectivity index (χ1) is 12.1. The summed E-state index contributed by atoms with van der Waals surface area (Å²) in [6, 6.07) is 9.71. The third-order valence-electron chi connectivity index (χ3n) is 4.12. The molecule has 1 aromatic carbocycles. The number of aromatic nitrogens is 2. The van der Waals surface area contributed by atoms with Gasteiger partial charge in [-0.1, -0.05) is 30.3 Å². The summed E-state index contributed by atoms with van der Waals surface area (Å²) in [5.41, 5.74) is 0.252. The number of halogens is 1. The van der Waals surface area contributed by atoms with Crippen LogP contribution in [-0.2, 0) is 32.8 Å². The molecular formula is C18H20IN2O4V-. The summed E-state index contributed by atoms with van der Waals surface area (Å²) in [5.74, 6) is -1.07. The molecule has 1 aliphatic rings. The van der Waals surface area contributed by atoms with E-state index in [0.29, 0.717) is 18.5 Å². The normalized spacial score (nSPS) is 14.8. The van der Waals surface area contributed by atoms with Gasteiger partial charge in [0.25, 0.3) is 0 Å². The van der Waals surface area contributed by atoms with E-state index < -0.39 is 17.5 Å². The van der Waals surface area contributed by atoms with E-state index in [2.05, 4.69) is 9.91 Å². The molecule has 0 unspecified atom stereocenters. The number of benzene rings is 1. The molecule has 1 saturated carbocycles. The van der Waals surface area contributed by atoms with Gasteiger partial charge in [0, 0.05) is 31.4 Å². The van der Waals surface area contributed by atoms with Crippen molar-refractivity contribution in [3.05, 3.63) is 59.0 Å². The van der Waals surface area contributed by atoms with Crippen LogP contribution in [0.2, 0.25) is 0 Å². The van der Waals surface area contributed by atoms with Crippen LogP contribution in [0.3, 0.4) is 0 Å². The van der Waals surface area contributed by atoms with Crippen molar-refractivity contribution in [1.29, 1.82) is 0 Å². The van der Waals surface area contributed by atoms with Gasteiger partial charge in [0.05, 0.1) is 25.7 Å². The average Bonchev–Trinajstić information content (AvgIpc) is 3.27. The van der Waals surface area contributed by atoms with Crippen molar-refractivity contribution in [3.8, 4) is 0 Å². The fraction of sp³-hybridized carbons (Fsp3) is 0.333. The minimum atomic E-state index is -1.11. The number of carbonyl (C=O) groups excluding carboxylic acids is 2. The molecule has 139 valence electrons. The summed E-state index contributed by atoms with van der Waals surface area (Å²) in [4.78, 5) is 31.4. The van der Waals surface area contributed by atoms with Gasteiger partial charge in [-0.25, -0.2) is 14.6 Å². The summed E-state index contributed by atoms with van der Waals surface area (Å²) in [6.45, 7) is 1.97. The predicted molar refractivity (Wildman–Crippen MR) is 101 cm³/mol. The van der Waals surface area contributed by atoms with Gasteiger partial charge in [0.1, 0.15) is 5.69 Å². The van der Waals surface area contributed by atoms with E-state index in [1.165, 1.54) is 13.3 Å². The third kappa shape index (κ3) is 4.89. The molecule has 1 heterocycles. The molecule has 1 fully saturated rings. The van der Waals surface area contributed by atoms with Crippen LogP contribution < -0.4 is 0 Å². The zero-order valence-electron chi connectivity index (χ0n) is 14.6. The maximum absolute atomic E-state index is 12.4. The van der Waals surface area contributed by atoms with Crippen LogP contribution in [0.25, 0.3) is 0 Å². The Labute approximate surface area is 178 Å². The van der Waals surface area contributed by atoms with Gasteiger partial charge >= 0.3 is 11.9 Å². The standard InChI is InChI=1S/C17H18N2O4.CH2I.V/c1-12(13-6-4-3-5-7-13)19-11-18-10-14(19)15(20)23-17(8-9-17)16(21)22-2;1-2;/h3-7,10-12H,8-9H2,1-2H3;1H2;/q;-1;/t12-;;/m1../s1. The van der Waals surface area contributed by atoms with Crippen molar-refractivity contribution in [2.75, 3.05) is 7.11 Å². The molecule has 1 atom stereocenters. The fourth-order valence-corrected chi connectivity index (χ4v) is 2.54. The molecule has 1 aliphatic carbocycles. The minimum absolute atomic E-state index is 0. The summed E-state index contributed by atoms with van der Waals surface area (Å²) in [7, 11) is 1.29. The molecule has 0 saturated heterocycles. The van der Waals surface area contributed by atoms with Crippen LogP contribution in [-0.4, -0.2) is 34.2 Å². The van der Waals surface area contributed by atoms with Gasteiger partial charge in [-0.15, -0.1) is 0 Å². The van der Waals surface area contributed by atoms with Crippen molar-refractivity contribution < 1.29 is 37.6 Å². The first-order valence-electron chi connectivity index (χ1n) is 7.73. The summed E-state index contributed by atoms with van der Waals surface area (Å²) in [6.07, 6.45) is 4.03. The molecular weight excluding hydrogens is 486 g/mol. The van der Waals surface area contributed by atoms with Crippen LogP contribution in [0.5, 0.6) is 0 Å². The second kappa shape index (κ2) is 10.1. The van der Waals surface area contributed by atoms with Gasteiger partial charge in [0.2, 0.25) is 5.60 Å². The molecule has 6 nitrogen and oxygen atoms in total. The Morgan fingerprint density at radius 2 is 1.88 bits per heavy atom. The van der Waals surface area contributed by atoms with Gasteiger partial charge in [-0.2, -0.15) is 0 Å². The quantitative estimate of drug-likeness (QED) is 0.353. The number of ether oxygens (including phenoxy) is 2. The van der Waals surface area contributed by atoms with Crippen LogP contribution in [0.1, 0.15) is 41.9 Å². The summed E-state index contributed by atoms with van der Waals surface area (Å²) >= 11 is 1.90. The molecule has 26 heavy (non-hydrogen) atoms. The molecule has 0 amide bonds. The molecule has 0 bridgehead atoms. The zero-order valence-corrected chi connectivity index (χ0v) is 18.1. The van der Waals surface area contributed by atoms with Gasteiger partial charge in [-0.3, -0.25) is 4.93 Å². The van der Waals surface area contributed by atoms with Crippen LogP contribution in [0, 0.1) is 4.93 Å². The van der Waals surface area contributed by atoms with Gasteiger partial charge in [-0.05, 0) is 12.5 Å². The molecule has 3 rings (SSSR count). The third-order valence-corrected chi connectivity index (χ3v) is 4.12. The van der Waals surface area contributed by atoms with Crippen LogP contribution in [0.15, 0.2) is 42.9 Å². The molecule has 1 aromatic heterocycles. The molecule has 8 heteroatoms. The second-order valence-corrected chi connectivity index (χ2v) is 5.65. The molecule has 1 radical (unpaired) electrons. The maximum Gasteiger partial charge on any atom is 0.357 e. The van der Waals surface area contributed by atoms with E-state index in [9.17, 15) is 9.59 Å². The summed E-state index contributed by atoms with van der Waals surface area (Å²) in [5, 5.41) is 0. The van der Waals surface area contributed by atoms with E-state index >= 15 is 0 Å². The van der Waals surface area contributed by atoms with E-state index in [0.717, 1.165) is 5.56 Å². The number of esters is 2. The summed E-state index contributed by atoms with van der Waals surface area (Å²) < 4.78 is 11.8. The largest absolute Gasteiger partial charge is 0.466 e. The molecule has 2 aromatic rings. The minimum Gasteiger partial charge on any atom is -0.466 e. The first-order valence-corrected chi connectivity index (χ1v) is 9.25. The van der Waals surface area contributed by atoms with Crippen molar-refractivity contribution in [2.24, 2.45) is 0 Å². The Morgan fingerprint density at radius 3 is 2.42 bits per heavy atom. The number of nitrogens with zero attached hydrogens (tertiary/aromatic N) is 2. The van der Waals surface area contributed by atoms with Crippen molar-refractivity contribution in [3.63, 3.8) is 0 Å². The monoisotopic (exact) mass is 506 g/mol. The van der Waals surface area contributed by atoms with Gasteiger partial charge in [0.15, 0.2) is 0 Å². The molecule has 0 N–H and O–H groups in total. The first kappa shape index (κ1) is 22.7. The fourth-order valence-electron chi connectivity index (χ4n) is 2.54. The molecule has 0 spiro atoms. The van der Waals surface area contributed by atoms with E-state index in [4.69, 9.17) is 9.47 Å². The Morgan fingerprint density at radius 1 is 1.27 bits per heavy atom. The average molecular weight is 506 g/mol. The second-order valence-electron chi connectivity index (χ2n) is 5.65. The smallest absolute Gasteiger partial charge is 0.357 e. The number of hydrogen-bond acceptors (Lipinski definition) is 5. The van der Waals surface area contributed by atoms with E-state index in [1.807, 2.05) is 59.8 Å². The maximum atomic E-state index is 12.4. The van der Waals surface area contributed by atoms with Crippen LogP contribution in [0.4, 0.5) is 0 Å². The van der Waals surface area contributed by atoms with Crippen molar-refractivity contribution in [2.45, 2.75) is 31.4 Å². The van der Waals surface area contributed by atoms with Crippen LogP contribution >= 0.6 is 22.6 Å². The Balaban J connectivity index is 0.00000109. The Bertz CT molecular complexity index is 732. The topological polar surface area (TPSA) is 70.4 Å². The number of rotatable bonds is 5. The number of methoxy groups -OCH3 is 1. The number of carbonyl (C=O) groups is 2. The zero-order chi connectivity index (χ0) is 18.4. The predicted octanol–water partition coefficient (Wildman–Crippen LogP) is 3.57. The van der Waals surface area contributed by atoms with Gasteiger partial charge < -0.3 is 36.6 Å². The molecule has 0 aliphatic heterocycles.